The van der Waals surface area contributed by atoms with Crippen molar-refractivity contribution < 1.29 is 38.8 Å². The molecule has 0 amide bonds. The van der Waals surface area contributed by atoms with Crippen LogP contribution in [0.15, 0.2) is 158 Å². The Bertz CT molecular complexity index is 2880. The number of carbonyl (C=O) groups excluding carboxylic acids is 1. The molecule has 0 bridgehead atoms. The number of aromatic nitrogens is 4. The molecule has 0 spiro atoms. The minimum absolute atomic E-state index is 0. The summed E-state index contributed by atoms with van der Waals surface area (Å²) in [6.45, 7) is 2.85. The Kier molecular flexibility index (Phi) is 11.7. The number of fused-ring (bicyclic) bond motifs is 12. The summed E-state index contributed by atoms with van der Waals surface area (Å²) in [6, 6.07) is 47.6. The van der Waals surface area contributed by atoms with Crippen molar-refractivity contribution in [3.05, 3.63) is 181 Å². The van der Waals surface area contributed by atoms with E-state index in [1.54, 1.807) is 36.7 Å². The van der Waals surface area contributed by atoms with Gasteiger partial charge in [-0.15, -0.1) is 59.3 Å². The van der Waals surface area contributed by atoms with Crippen LogP contribution in [0.25, 0.3) is 87.7 Å². The molecule has 0 saturated carbocycles. The first-order valence-corrected chi connectivity index (χ1v) is 18.1. The zero-order chi connectivity index (χ0) is 39.5. The van der Waals surface area contributed by atoms with Gasteiger partial charge in [-0.25, -0.2) is 8.78 Å². The van der Waals surface area contributed by atoms with Gasteiger partial charge in [0.15, 0.2) is 5.78 Å². The van der Waals surface area contributed by atoms with Gasteiger partial charge in [0.1, 0.15) is 11.6 Å². The van der Waals surface area contributed by atoms with Gasteiger partial charge in [0, 0.05) is 60.7 Å². The van der Waals surface area contributed by atoms with Crippen LogP contribution in [-0.2, 0) is 24.9 Å². The Balaban J connectivity index is 0.000000150. The van der Waals surface area contributed by atoms with Crippen LogP contribution >= 0.6 is 0 Å². The summed E-state index contributed by atoms with van der Waals surface area (Å²) in [5, 5.41) is 16.9. The molecule has 0 aliphatic carbocycles. The summed E-state index contributed by atoms with van der Waals surface area (Å²) in [5.74, 6) is -0.584. The zero-order valence-electron chi connectivity index (χ0n) is 31.2. The summed E-state index contributed by atoms with van der Waals surface area (Å²) in [6.07, 6.45) is 4.65. The molecule has 2 heterocycles. The van der Waals surface area contributed by atoms with E-state index in [2.05, 4.69) is 58.5 Å². The number of nitrogens with zero attached hydrogens (tertiary/aromatic N) is 4. The predicted octanol–water partition coefficient (Wildman–Crippen LogP) is 12.1. The first-order chi connectivity index (χ1) is 27.7. The van der Waals surface area contributed by atoms with E-state index in [0.717, 1.165) is 87.7 Å². The monoisotopic (exact) mass is 939 g/mol. The Labute approximate surface area is 345 Å². The molecule has 0 atom stereocenters. The van der Waals surface area contributed by atoms with Crippen molar-refractivity contribution in [1.29, 1.82) is 0 Å². The van der Waals surface area contributed by atoms with E-state index in [1.165, 1.54) is 44.2 Å². The molecular formula is C49H32F2IrN4O2-2. The van der Waals surface area contributed by atoms with Crippen molar-refractivity contribution in [3.63, 3.8) is 0 Å². The van der Waals surface area contributed by atoms with Gasteiger partial charge in [-0.1, -0.05) is 70.1 Å². The van der Waals surface area contributed by atoms with Gasteiger partial charge in [-0.3, -0.25) is 14.8 Å². The molecule has 285 valence electrons. The maximum absolute atomic E-state index is 13.2. The molecule has 0 unspecified atom stereocenters. The fraction of sp³-hybridized carbons (Fsp3) is 0.0408. The first kappa shape index (κ1) is 39.4. The van der Waals surface area contributed by atoms with Crippen LogP contribution < -0.4 is 0 Å². The molecule has 10 aromatic rings. The maximum Gasteiger partial charge on any atom is 0.155 e. The number of allylic oxidation sites excluding steroid dienone is 2. The minimum atomic E-state index is -0.261. The fourth-order valence-corrected chi connectivity index (χ4v) is 6.90. The first-order valence-electron chi connectivity index (χ1n) is 18.1. The van der Waals surface area contributed by atoms with E-state index in [9.17, 15) is 13.6 Å². The van der Waals surface area contributed by atoms with Crippen molar-refractivity contribution in [1.82, 2.24) is 19.9 Å². The van der Waals surface area contributed by atoms with Crippen LogP contribution in [0.5, 0.6) is 0 Å². The molecule has 0 aliphatic rings. The van der Waals surface area contributed by atoms with E-state index in [4.69, 9.17) is 15.1 Å². The number of hydrogen-bond donors (Lipinski definition) is 1. The summed E-state index contributed by atoms with van der Waals surface area (Å²) in [7, 11) is 0. The number of aliphatic hydroxyl groups excluding tert-OH is 1. The topological polar surface area (TPSA) is 88.9 Å². The van der Waals surface area contributed by atoms with Crippen LogP contribution in [0.2, 0.25) is 0 Å². The Morgan fingerprint density at radius 2 is 0.914 bits per heavy atom. The zero-order valence-corrected chi connectivity index (χ0v) is 33.6. The Morgan fingerprint density at radius 1 is 0.534 bits per heavy atom. The SMILES string of the molecule is CC(=O)C=C(C)O.Fc1ccc(-c2cnc3c4[c-]cccc4c4ccccc4c3n2)cc1.Fc1ccc(-c2cnc3c4[c-]cccc4c4ccccc4c3n2)cc1.[Ir]. The van der Waals surface area contributed by atoms with E-state index in [-0.39, 0.29) is 43.3 Å². The van der Waals surface area contributed by atoms with E-state index in [1.807, 2.05) is 48.5 Å². The molecule has 0 fully saturated rings. The van der Waals surface area contributed by atoms with Gasteiger partial charge in [0.2, 0.25) is 0 Å². The molecule has 0 aliphatic heterocycles. The number of ketones is 1. The summed E-state index contributed by atoms with van der Waals surface area (Å²) in [4.78, 5) is 29.1. The molecule has 1 radical (unpaired) electrons. The van der Waals surface area contributed by atoms with Gasteiger partial charge in [0.25, 0.3) is 0 Å². The molecule has 0 saturated heterocycles. The summed E-state index contributed by atoms with van der Waals surface area (Å²) < 4.78 is 26.4. The number of halogens is 2. The molecule has 2 aromatic heterocycles. The fourth-order valence-electron chi connectivity index (χ4n) is 6.90. The van der Waals surface area contributed by atoms with Gasteiger partial charge >= 0.3 is 0 Å². The van der Waals surface area contributed by atoms with Crippen LogP contribution in [0.1, 0.15) is 13.8 Å². The number of rotatable bonds is 3. The van der Waals surface area contributed by atoms with Gasteiger partial charge in [-0.05, 0) is 73.2 Å². The predicted molar refractivity (Wildman–Crippen MR) is 225 cm³/mol. The van der Waals surface area contributed by atoms with E-state index in [0.29, 0.717) is 0 Å². The third kappa shape index (κ3) is 8.04. The van der Waals surface area contributed by atoms with Gasteiger partial charge in [0.05, 0.1) is 28.2 Å². The van der Waals surface area contributed by atoms with Crippen LogP contribution in [0.4, 0.5) is 8.78 Å². The van der Waals surface area contributed by atoms with Crippen molar-refractivity contribution in [2.45, 2.75) is 13.8 Å². The second-order valence-electron chi connectivity index (χ2n) is 13.3. The quantitative estimate of drug-likeness (QED) is 0.0822. The normalized spacial score (nSPS) is 11.2. The number of hydrogen-bond acceptors (Lipinski definition) is 6. The van der Waals surface area contributed by atoms with Crippen molar-refractivity contribution in [2.75, 3.05) is 0 Å². The molecule has 58 heavy (non-hydrogen) atoms. The average molecular weight is 939 g/mol. The van der Waals surface area contributed by atoms with E-state index >= 15 is 0 Å². The second kappa shape index (κ2) is 17.1. The third-order valence-corrected chi connectivity index (χ3v) is 9.37. The van der Waals surface area contributed by atoms with Gasteiger partial charge in [-0.2, -0.15) is 0 Å². The average Bonchev–Trinajstić information content (AvgIpc) is 3.24. The third-order valence-electron chi connectivity index (χ3n) is 9.37. The smallest absolute Gasteiger partial charge is 0.155 e. The number of benzene rings is 8. The maximum atomic E-state index is 13.2. The Hall–Kier alpha value is -6.80. The number of aliphatic hydroxyl groups is 1. The molecule has 9 heteroatoms. The molecule has 1 N–H and O–H groups in total. The van der Waals surface area contributed by atoms with Crippen LogP contribution in [-0.4, -0.2) is 30.8 Å². The molecule has 8 aromatic carbocycles. The van der Waals surface area contributed by atoms with Crippen LogP contribution in [0.3, 0.4) is 0 Å². The molecule has 6 nitrogen and oxygen atoms in total. The largest absolute Gasteiger partial charge is 0.512 e. The Morgan fingerprint density at radius 3 is 1.28 bits per heavy atom. The number of carbonyl (C=O) groups is 1. The minimum Gasteiger partial charge on any atom is -0.512 e. The standard InChI is InChI=1S/2C22H12FN2.C5H8O2.Ir/c2*23-15-11-9-14(10-12-15)20-13-24-21-18-7-3-1-5-16(18)17-6-2-4-8-19(17)22(21)25-20;1-4(6)3-5(2)7;/h2*1-6,8-13H;3,6H,1-2H3;/q2*-1;;. The van der Waals surface area contributed by atoms with Crippen LogP contribution in [0, 0.1) is 23.8 Å². The van der Waals surface area contributed by atoms with E-state index < -0.39 is 0 Å². The van der Waals surface area contributed by atoms with Crippen molar-refractivity contribution in [3.8, 4) is 22.5 Å². The summed E-state index contributed by atoms with van der Waals surface area (Å²) in [5.41, 5.74) is 6.50. The molecule has 10 rings (SSSR count). The molecular weight excluding hydrogens is 907 g/mol. The second-order valence-corrected chi connectivity index (χ2v) is 13.3. The van der Waals surface area contributed by atoms with Crippen molar-refractivity contribution in [2.24, 2.45) is 0 Å². The van der Waals surface area contributed by atoms with Gasteiger partial charge < -0.3 is 15.1 Å². The van der Waals surface area contributed by atoms with Crippen molar-refractivity contribution >= 4 is 70.9 Å². The summed E-state index contributed by atoms with van der Waals surface area (Å²) >= 11 is 0.